The van der Waals surface area contributed by atoms with E-state index in [4.69, 9.17) is 5.11 Å². The Morgan fingerprint density at radius 3 is 2.81 bits per heavy atom. The zero-order valence-electron chi connectivity index (χ0n) is 9.40. The van der Waals surface area contributed by atoms with Crippen molar-refractivity contribution in [2.24, 2.45) is 0 Å². The number of aromatic amines is 1. The fourth-order valence-corrected chi connectivity index (χ4v) is 1.24. The fraction of sp³-hybridized carbons (Fsp3) is 0.600. The molecule has 90 valence electrons. The van der Waals surface area contributed by atoms with Crippen molar-refractivity contribution in [2.75, 3.05) is 6.54 Å². The van der Waals surface area contributed by atoms with E-state index < -0.39 is 17.6 Å². The third kappa shape index (κ3) is 4.41. The number of rotatable bonds is 6. The minimum atomic E-state index is -0.946. The molecule has 4 N–H and O–H groups in total. The molecule has 0 aliphatic heterocycles. The molecule has 6 heteroatoms. The summed E-state index contributed by atoms with van der Waals surface area (Å²) in [6.07, 6.45) is 3.40. The highest BCUT2D eigenvalue weighted by atomic mass is 16.4. The summed E-state index contributed by atoms with van der Waals surface area (Å²) in [7, 11) is 0. The number of hydrogen-bond acceptors (Lipinski definition) is 4. The van der Waals surface area contributed by atoms with E-state index in [1.807, 2.05) is 0 Å². The number of carboxylic acids is 1. The van der Waals surface area contributed by atoms with Gasteiger partial charge in [-0.3, -0.25) is 4.79 Å². The molecular formula is C10H17N3O3. The Morgan fingerprint density at radius 2 is 2.38 bits per heavy atom. The van der Waals surface area contributed by atoms with Gasteiger partial charge in [0.15, 0.2) is 0 Å². The van der Waals surface area contributed by atoms with E-state index in [2.05, 4.69) is 15.3 Å². The van der Waals surface area contributed by atoms with E-state index in [0.29, 0.717) is 6.42 Å². The Kier molecular flexibility index (Phi) is 4.03. The summed E-state index contributed by atoms with van der Waals surface area (Å²) in [5.41, 5.74) is -0.183. The third-order valence-corrected chi connectivity index (χ3v) is 2.06. The van der Waals surface area contributed by atoms with Gasteiger partial charge >= 0.3 is 5.97 Å². The predicted octanol–water partition coefficient (Wildman–Crippen LogP) is -0.234. The number of nitrogens with one attached hydrogen (secondary N) is 2. The lowest BCUT2D eigenvalue weighted by Crippen LogP contribution is -2.45. The SMILES string of the molecule is CC(C)(O)CN[C@@H](Cc1cnc[nH]1)C(=O)O. The van der Waals surface area contributed by atoms with Crippen molar-refractivity contribution in [1.82, 2.24) is 15.3 Å². The zero-order valence-corrected chi connectivity index (χ0v) is 9.40. The first-order valence-electron chi connectivity index (χ1n) is 5.04. The van der Waals surface area contributed by atoms with E-state index in [0.717, 1.165) is 5.69 Å². The van der Waals surface area contributed by atoms with E-state index in [-0.39, 0.29) is 6.54 Å². The summed E-state index contributed by atoms with van der Waals surface area (Å²) >= 11 is 0. The van der Waals surface area contributed by atoms with Crippen molar-refractivity contribution in [3.05, 3.63) is 18.2 Å². The van der Waals surface area contributed by atoms with Crippen molar-refractivity contribution < 1.29 is 15.0 Å². The van der Waals surface area contributed by atoms with Gasteiger partial charge in [0.05, 0.1) is 11.9 Å². The second-order valence-corrected chi connectivity index (χ2v) is 4.37. The molecule has 1 heterocycles. The van der Waals surface area contributed by atoms with Crippen molar-refractivity contribution in [3.63, 3.8) is 0 Å². The number of nitrogens with zero attached hydrogens (tertiary/aromatic N) is 1. The van der Waals surface area contributed by atoms with Gasteiger partial charge in [0, 0.05) is 24.9 Å². The van der Waals surface area contributed by atoms with E-state index in [1.165, 1.54) is 6.33 Å². The largest absolute Gasteiger partial charge is 0.480 e. The number of carbonyl (C=O) groups is 1. The van der Waals surface area contributed by atoms with Crippen LogP contribution in [0.5, 0.6) is 0 Å². The Bertz CT molecular complexity index is 330. The molecule has 1 aromatic rings. The zero-order chi connectivity index (χ0) is 12.2. The van der Waals surface area contributed by atoms with Crippen LogP contribution in [0.4, 0.5) is 0 Å². The maximum atomic E-state index is 11.0. The Labute approximate surface area is 93.7 Å². The first-order valence-corrected chi connectivity index (χ1v) is 5.04. The molecule has 0 bridgehead atoms. The van der Waals surface area contributed by atoms with Crippen LogP contribution in [0.25, 0.3) is 0 Å². The van der Waals surface area contributed by atoms with E-state index >= 15 is 0 Å². The fourth-order valence-electron chi connectivity index (χ4n) is 1.24. The lowest BCUT2D eigenvalue weighted by atomic mass is 10.1. The van der Waals surface area contributed by atoms with Crippen LogP contribution in [0, 0.1) is 0 Å². The summed E-state index contributed by atoms with van der Waals surface area (Å²) in [4.78, 5) is 17.6. The number of carboxylic acid groups (broad SMARTS) is 1. The first-order chi connectivity index (χ1) is 7.38. The summed E-state index contributed by atoms with van der Waals surface area (Å²) in [5.74, 6) is -0.946. The molecule has 1 atom stereocenters. The minimum Gasteiger partial charge on any atom is -0.480 e. The van der Waals surface area contributed by atoms with Gasteiger partial charge in [-0.15, -0.1) is 0 Å². The van der Waals surface area contributed by atoms with E-state index in [1.54, 1.807) is 20.0 Å². The maximum absolute atomic E-state index is 11.0. The molecule has 0 saturated carbocycles. The lowest BCUT2D eigenvalue weighted by molar-refractivity contribution is -0.139. The molecule has 0 spiro atoms. The minimum absolute atomic E-state index is 0.220. The monoisotopic (exact) mass is 227 g/mol. The van der Waals surface area contributed by atoms with Crippen LogP contribution in [0.1, 0.15) is 19.5 Å². The van der Waals surface area contributed by atoms with Crippen LogP contribution < -0.4 is 5.32 Å². The van der Waals surface area contributed by atoms with Crippen LogP contribution in [-0.4, -0.2) is 44.3 Å². The van der Waals surface area contributed by atoms with E-state index in [9.17, 15) is 9.90 Å². The van der Waals surface area contributed by atoms with Crippen molar-refractivity contribution >= 4 is 5.97 Å². The van der Waals surface area contributed by atoms with Gasteiger partial charge in [0.1, 0.15) is 6.04 Å². The molecule has 0 fully saturated rings. The molecule has 0 amide bonds. The van der Waals surface area contributed by atoms with Crippen LogP contribution in [0.3, 0.4) is 0 Å². The average Bonchev–Trinajstić information content (AvgIpc) is 2.62. The Morgan fingerprint density at radius 1 is 1.69 bits per heavy atom. The molecule has 16 heavy (non-hydrogen) atoms. The number of aliphatic hydroxyl groups is 1. The van der Waals surface area contributed by atoms with Gasteiger partial charge in [-0.25, -0.2) is 4.98 Å². The molecule has 0 aromatic carbocycles. The van der Waals surface area contributed by atoms with Gasteiger partial charge in [-0.2, -0.15) is 0 Å². The number of imidazole rings is 1. The Balaban J connectivity index is 2.52. The second kappa shape index (κ2) is 5.09. The molecule has 0 aliphatic carbocycles. The summed E-state index contributed by atoms with van der Waals surface area (Å²) in [6.45, 7) is 3.46. The Hall–Kier alpha value is -1.40. The van der Waals surface area contributed by atoms with Gasteiger partial charge < -0.3 is 20.5 Å². The lowest BCUT2D eigenvalue weighted by Gasteiger charge is -2.21. The third-order valence-electron chi connectivity index (χ3n) is 2.06. The number of H-pyrrole nitrogens is 1. The number of aromatic nitrogens is 2. The van der Waals surface area contributed by atoms with Gasteiger partial charge in [-0.05, 0) is 13.8 Å². The van der Waals surface area contributed by atoms with Crippen LogP contribution in [0.15, 0.2) is 12.5 Å². The molecule has 6 nitrogen and oxygen atoms in total. The van der Waals surface area contributed by atoms with Crippen LogP contribution >= 0.6 is 0 Å². The topological polar surface area (TPSA) is 98.2 Å². The smallest absolute Gasteiger partial charge is 0.321 e. The van der Waals surface area contributed by atoms with Crippen molar-refractivity contribution in [2.45, 2.75) is 31.9 Å². The molecule has 0 radical (unpaired) electrons. The van der Waals surface area contributed by atoms with Gasteiger partial charge in [0.2, 0.25) is 0 Å². The highest BCUT2D eigenvalue weighted by molar-refractivity contribution is 5.73. The molecule has 0 unspecified atom stereocenters. The summed E-state index contributed by atoms with van der Waals surface area (Å²) in [5, 5.41) is 21.3. The predicted molar refractivity (Wildman–Crippen MR) is 58.0 cm³/mol. The van der Waals surface area contributed by atoms with Gasteiger partial charge in [0.25, 0.3) is 0 Å². The number of hydrogen-bond donors (Lipinski definition) is 4. The molecule has 0 saturated heterocycles. The maximum Gasteiger partial charge on any atom is 0.321 e. The first kappa shape index (κ1) is 12.7. The quantitative estimate of drug-likeness (QED) is 0.538. The van der Waals surface area contributed by atoms with Crippen LogP contribution in [0.2, 0.25) is 0 Å². The summed E-state index contributed by atoms with van der Waals surface area (Å²) < 4.78 is 0. The van der Waals surface area contributed by atoms with Crippen molar-refractivity contribution in [1.29, 1.82) is 0 Å². The van der Waals surface area contributed by atoms with Gasteiger partial charge in [-0.1, -0.05) is 0 Å². The van der Waals surface area contributed by atoms with Crippen LogP contribution in [-0.2, 0) is 11.2 Å². The summed E-state index contributed by atoms with van der Waals surface area (Å²) in [6, 6.07) is -0.730. The standard InChI is InChI=1S/C10H17N3O3/c1-10(2,16)5-12-8(9(14)15)3-7-4-11-6-13-7/h4,6,8,12,16H,3,5H2,1-2H3,(H,11,13)(H,14,15)/t8-/m0/s1. The highest BCUT2D eigenvalue weighted by Crippen LogP contribution is 2.02. The molecule has 1 rings (SSSR count). The molecule has 0 aliphatic rings. The average molecular weight is 227 g/mol. The highest BCUT2D eigenvalue weighted by Gasteiger charge is 2.21. The van der Waals surface area contributed by atoms with Crippen molar-refractivity contribution in [3.8, 4) is 0 Å². The second-order valence-electron chi connectivity index (χ2n) is 4.37. The normalized spacial score (nSPS) is 13.7. The number of aliphatic carboxylic acids is 1. The molecular weight excluding hydrogens is 210 g/mol. The molecule has 1 aromatic heterocycles.